The van der Waals surface area contributed by atoms with Crippen LogP contribution in [0.1, 0.15) is 72.1 Å². The summed E-state index contributed by atoms with van der Waals surface area (Å²) >= 11 is 0. The molecule has 5 nitrogen and oxygen atoms in total. The Morgan fingerprint density at radius 3 is 2.48 bits per heavy atom. The lowest BCUT2D eigenvalue weighted by Crippen LogP contribution is -2.44. The van der Waals surface area contributed by atoms with Crippen LogP contribution in [-0.4, -0.2) is 60.8 Å². The summed E-state index contributed by atoms with van der Waals surface area (Å²) in [7, 11) is 0. The van der Waals surface area contributed by atoms with Gasteiger partial charge in [-0.25, -0.2) is 0 Å². The van der Waals surface area contributed by atoms with Gasteiger partial charge in [0.05, 0.1) is 0 Å². The first kappa shape index (κ1) is 20.5. The summed E-state index contributed by atoms with van der Waals surface area (Å²) in [6, 6.07) is 1.42. The molecular weight excluding hydrogens is 312 g/mol. The molecule has 0 radical (unpaired) electrons. The normalized spacial score (nSPS) is 21.0. The lowest BCUT2D eigenvalue weighted by atomic mass is 9.72. The van der Waals surface area contributed by atoms with E-state index in [2.05, 4.69) is 36.3 Å². The molecule has 0 aromatic rings. The highest BCUT2D eigenvalue weighted by atomic mass is 16.3. The third-order valence-corrected chi connectivity index (χ3v) is 5.81. The summed E-state index contributed by atoms with van der Waals surface area (Å²) in [5, 5.41) is 16.4. The van der Waals surface area contributed by atoms with Crippen molar-refractivity contribution in [2.24, 2.45) is 10.4 Å². The van der Waals surface area contributed by atoms with Gasteiger partial charge in [0.2, 0.25) is 0 Å². The first-order valence-electron chi connectivity index (χ1n) is 10.5. The van der Waals surface area contributed by atoms with Gasteiger partial charge in [0, 0.05) is 44.9 Å². The maximum atomic E-state index is 9.48. The maximum absolute atomic E-state index is 9.48. The summed E-state index contributed by atoms with van der Waals surface area (Å²) in [4.78, 5) is 7.50. The second kappa shape index (κ2) is 10.4. The fourth-order valence-electron chi connectivity index (χ4n) is 4.19. The van der Waals surface area contributed by atoms with Gasteiger partial charge in [-0.3, -0.25) is 9.89 Å². The van der Waals surface area contributed by atoms with Crippen molar-refractivity contribution in [2.45, 2.75) is 84.2 Å². The molecule has 2 saturated carbocycles. The van der Waals surface area contributed by atoms with Gasteiger partial charge in [-0.1, -0.05) is 19.3 Å². The van der Waals surface area contributed by atoms with Crippen molar-refractivity contribution in [1.29, 1.82) is 0 Å². The number of nitrogens with one attached hydrogen (secondary N) is 2. The molecule has 0 spiro atoms. The Balaban J connectivity index is 1.85. The highest BCUT2D eigenvalue weighted by Crippen LogP contribution is 2.39. The quantitative estimate of drug-likeness (QED) is 0.418. The van der Waals surface area contributed by atoms with Crippen molar-refractivity contribution in [3.8, 4) is 0 Å². The molecule has 0 amide bonds. The summed E-state index contributed by atoms with van der Waals surface area (Å²) in [5.41, 5.74) is 0.216. The second-order valence-electron chi connectivity index (χ2n) is 8.22. The van der Waals surface area contributed by atoms with E-state index in [1.807, 2.05) is 0 Å². The van der Waals surface area contributed by atoms with Gasteiger partial charge in [-0.2, -0.15) is 0 Å². The van der Waals surface area contributed by atoms with Crippen molar-refractivity contribution in [3.63, 3.8) is 0 Å². The van der Waals surface area contributed by atoms with Gasteiger partial charge < -0.3 is 15.7 Å². The Morgan fingerprint density at radius 2 is 1.92 bits per heavy atom. The number of guanidine groups is 1. The fourth-order valence-corrected chi connectivity index (χ4v) is 4.19. The van der Waals surface area contributed by atoms with Crippen LogP contribution in [0.25, 0.3) is 0 Å². The first-order chi connectivity index (χ1) is 12.1. The molecule has 0 aromatic carbocycles. The Labute approximate surface area is 154 Å². The van der Waals surface area contributed by atoms with Gasteiger partial charge in [0.25, 0.3) is 0 Å². The van der Waals surface area contributed by atoms with Crippen LogP contribution in [-0.2, 0) is 0 Å². The predicted octanol–water partition coefficient (Wildman–Crippen LogP) is 2.75. The minimum Gasteiger partial charge on any atom is -0.396 e. The number of hydrogen-bond acceptors (Lipinski definition) is 3. The van der Waals surface area contributed by atoms with Crippen LogP contribution in [0.4, 0.5) is 0 Å². The zero-order valence-electron chi connectivity index (χ0n) is 16.7. The van der Waals surface area contributed by atoms with Crippen molar-refractivity contribution in [1.82, 2.24) is 15.5 Å². The largest absolute Gasteiger partial charge is 0.396 e. The number of hydrogen-bond donors (Lipinski definition) is 3. The van der Waals surface area contributed by atoms with Crippen LogP contribution in [0.2, 0.25) is 0 Å². The van der Waals surface area contributed by atoms with Gasteiger partial charge in [-0.15, -0.1) is 0 Å². The zero-order valence-corrected chi connectivity index (χ0v) is 16.7. The number of aliphatic hydroxyl groups is 1. The molecule has 0 aromatic heterocycles. The van der Waals surface area contributed by atoms with Crippen LogP contribution >= 0.6 is 0 Å². The van der Waals surface area contributed by atoms with Crippen molar-refractivity contribution in [3.05, 3.63) is 0 Å². The molecule has 2 aliphatic rings. The summed E-state index contributed by atoms with van der Waals surface area (Å²) < 4.78 is 0. The standard InChI is InChI=1S/C20H40N4O/c1-4-21-19(22-13-14-24(17(2)3)18-8-9-18)23-16-20(12-15-25)10-6-5-7-11-20/h17-18,25H,4-16H2,1-3H3,(H2,21,22,23). The Hall–Kier alpha value is -0.810. The van der Waals surface area contributed by atoms with Gasteiger partial charge in [0.1, 0.15) is 0 Å². The minimum absolute atomic E-state index is 0.216. The van der Waals surface area contributed by atoms with Gasteiger partial charge in [0.15, 0.2) is 5.96 Å². The minimum atomic E-state index is 0.216. The molecule has 5 heteroatoms. The highest BCUT2D eigenvalue weighted by molar-refractivity contribution is 5.79. The lowest BCUT2D eigenvalue weighted by molar-refractivity contribution is 0.137. The lowest BCUT2D eigenvalue weighted by Gasteiger charge is -2.35. The third-order valence-electron chi connectivity index (χ3n) is 5.81. The van der Waals surface area contributed by atoms with Crippen molar-refractivity contribution >= 4 is 5.96 Å². The molecule has 25 heavy (non-hydrogen) atoms. The first-order valence-corrected chi connectivity index (χ1v) is 10.5. The molecular formula is C20H40N4O. The second-order valence-corrected chi connectivity index (χ2v) is 8.22. The summed E-state index contributed by atoms with van der Waals surface area (Å²) in [6.45, 7) is 10.7. The maximum Gasteiger partial charge on any atom is 0.191 e. The van der Waals surface area contributed by atoms with Gasteiger partial charge in [-0.05, 0) is 58.3 Å². The molecule has 2 rings (SSSR count). The Bertz CT molecular complexity index is 393. The number of nitrogens with zero attached hydrogens (tertiary/aromatic N) is 2. The van der Waals surface area contributed by atoms with Crippen LogP contribution < -0.4 is 10.6 Å². The van der Waals surface area contributed by atoms with E-state index in [0.717, 1.165) is 44.6 Å². The predicted molar refractivity (Wildman–Crippen MR) is 106 cm³/mol. The van der Waals surface area contributed by atoms with Crippen molar-refractivity contribution < 1.29 is 5.11 Å². The Morgan fingerprint density at radius 1 is 1.20 bits per heavy atom. The molecule has 0 unspecified atom stereocenters. The van der Waals surface area contributed by atoms with E-state index in [4.69, 9.17) is 4.99 Å². The van der Waals surface area contributed by atoms with Crippen LogP contribution in [0.5, 0.6) is 0 Å². The zero-order chi connectivity index (χ0) is 18.1. The molecule has 0 atom stereocenters. The van der Waals surface area contributed by atoms with Crippen LogP contribution in [0, 0.1) is 5.41 Å². The molecule has 2 fully saturated rings. The fraction of sp³-hybridized carbons (Fsp3) is 0.950. The third kappa shape index (κ3) is 6.78. The van der Waals surface area contributed by atoms with Gasteiger partial charge >= 0.3 is 0 Å². The van der Waals surface area contributed by atoms with E-state index in [1.165, 1.54) is 44.9 Å². The van der Waals surface area contributed by atoms with E-state index >= 15 is 0 Å². The number of rotatable bonds is 10. The molecule has 0 saturated heterocycles. The average Bonchev–Trinajstić information content (AvgIpc) is 3.42. The van der Waals surface area contributed by atoms with E-state index < -0.39 is 0 Å². The van der Waals surface area contributed by atoms with E-state index in [9.17, 15) is 5.11 Å². The van der Waals surface area contributed by atoms with Crippen LogP contribution in [0.3, 0.4) is 0 Å². The summed E-state index contributed by atoms with van der Waals surface area (Å²) in [5.74, 6) is 0.935. The molecule has 0 bridgehead atoms. The molecule has 0 aliphatic heterocycles. The molecule has 0 heterocycles. The Kier molecular flexibility index (Phi) is 8.50. The van der Waals surface area contributed by atoms with Crippen LogP contribution in [0.15, 0.2) is 4.99 Å². The monoisotopic (exact) mass is 352 g/mol. The van der Waals surface area contributed by atoms with E-state index in [0.29, 0.717) is 6.04 Å². The van der Waals surface area contributed by atoms with Crippen molar-refractivity contribution in [2.75, 3.05) is 32.8 Å². The number of aliphatic imine (C=N–C) groups is 1. The van der Waals surface area contributed by atoms with E-state index in [1.54, 1.807) is 0 Å². The summed E-state index contributed by atoms with van der Waals surface area (Å²) in [6.07, 6.45) is 9.92. The smallest absolute Gasteiger partial charge is 0.191 e. The molecule has 2 aliphatic carbocycles. The number of aliphatic hydroxyl groups excluding tert-OH is 1. The SMILES string of the molecule is CCNC(=NCC1(CCO)CCCCC1)NCCN(C(C)C)C1CC1. The molecule has 3 N–H and O–H groups in total. The van der Waals surface area contributed by atoms with E-state index in [-0.39, 0.29) is 12.0 Å². The highest BCUT2D eigenvalue weighted by Gasteiger charge is 2.32. The topological polar surface area (TPSA) is 59.9 Å². The molecule has 146 valence electrons. The average molecular weight is 353 g/mol.